The van der Waals surface area contributed by atoms with E-state index in [9.17, 15) is 0 Å². The van der Waals surface area contributed by atoms with Crippen molar-refractivity contribution in [3.05, 3.63) is 17.5 Å². The maximum absolute atomic E-state index is 6.05. The van der Waals surface area contributed by atoms with Crippen LogP contribution in [0.5, 0.6) is 0 Å². The van der Waals surface area contributed by atoms with E-state index in [1.54, 1.807) is 0 Å². The Morgan fingerprint density at radius 2 is 2.05 bits per heavy atom. The molecule has 21 heavy (non-hydrogen) atoms. The zero-order valence-corrected chi connectivity index (χ0v) is 14.1. The average molecular weight is 293 g/mol. The molecule has 0 saturated heterocycles. The lowest BCUT2D eigenvalue weighted by Gasteiger charge is -2.43. The molecule has 1 saturated carbocycles. The lowest BCUT2D eigenvalue weighted by Crippen LogP contribution is -2.54. The van der Waals surface area contributed by atoms with Crippen LogP contribution in [0.2, 0.25) is 0 Å². The molecule has 0 spiro atoms. The SMILES string of the molecule is CCNC(Cc1cc(CC)nn1C)C1(OC)CCCCC1. The molecule has 0 aromatic carbocycles. The Labute approximate surface area is 129 Å². The summed E-state index contributed by atoms with van der Waals surface area (Å²) >= 11 is 0. The summed E-state index contributed by atoms with van der Waals surface area (Å²) < 4.78 is 8.08. The molecule has 1 aliphatic rings. The van der Waals surface area contributed by atoms with Crippen molar-refractivity contribution in [3.63, 3.8) is 0 Å². The molecule has 0 radical (unpaired) electrons. The highest BCUT2D eigenvalue weighted by atomic mass is 16.5. The van der Waals surface area contributed by atoms with Crippen molar-refractivity contribution in [1.82, 2.24) is 15.1 Å². The monoisotopic (exact) mass is 293 g/mol. The topological polar surface area (TPSA) is 39.1 Å². The van der Waals surface area contributed by atoms with Crippen molar-refractivity contribution in [2.45, 2.75) is 70.4 Å². The van der Waals surface area contributed by atoms with Crippen LogP contribution in [0.15, 0.2) is 6.07 Å². The summed E-state index contributed by atoms with van der Waals surface area (Å²) in [6, 6.07) is 2.61. The van der Waals surface area contributed by atoms with Crippen molar-refractivity contribution in [2.75, 3.05) is 13.7 Å². The van der Waals surface area contributed by atoms with Gasteiger partial charge in [-0.1, -0.05) is 33.1 Å². The first kappa shape index (κ1) is 16.5. The molecule has 0 bridgehead atoms. The number of rotatable bonds is 7. The third-order valence-corrected chi connectivity index (χ3v) is 4.99. The molecule has 4 nitrogen and oxygen atoms in total. The van der Waals surface area contributed by atoms with Crippen LogP contribution in [0.3, 0.4) is 0 Å². The fourth-order valence-electron chi connectivity index (χ4n) is 3.68. The number of aromatic nitrogens is 2. The number of likely N-dealkylation sites (N-methyl/N-ethyl adjacent to an activating group) is 1. The Morgan fingerprint density at radius 1 is 1.33 bits per heavy atom. The summed E-state index contributed by atoms with van der Waals surface area (Å²) in [5.74, 6) is 0. The van der Waals surface area contributed by atoms with Gasteiger partial charge in [-0.2, -0.15) is 5.10 Å². The van der Waals surface area contributed by atoms with Gasteiger partial charge in [-0.05, 0) is 31.9 Å². The van der Waals surface area contributed by atoms with E-state index in [1.807, 2.05) is 11.8 Å². The first-order valence-electron chi connectivity index (χ1n) is 8.45. The Hall–Kier alpha value is -0.870. The fraction of sp³-hybridized carbons (Fsp3) is 0.824. The Balaban J connectivity index is 2.18. The number of hydrogen-bond acceptors (Lipinski definition) is 3. The quantitative estimate of drug-likeness (QED) is 0.840. The molecule has 120 valence electrons. The number of ether oxygens (including phenoxy) is 1. The summed E-state index contributed by atoms with van der Waals surface area (Å²) in [6.07, 6.45) is 8.22. The van der Waals surface area contributed by atoms with Crippen molar-refractivity contribution in [3.8, 4) is 0 Å². The number of hydrogen-bond donors (Lipinski definition) is 1. The number of nitrogens with zero attached hydrogens (tertiary/aromatic N) is 2. The summed E-state index contributed by atoms with van der Waals surface area (Å²) in [5.41, 5.74) is 2.47. The van der Waals surface area contributed by atoms with Crippen LogP contribution in [0.4, 0.5) is 0 Å². The van der Waals surface area contributed by atoms with Gasteiger partial charge in [0.05, 0.1) is 11.3 Å². The zero-order chi connectivity index (χ0) is 15.3. The highest BCUT2D eigenvalue weighted by Gasteiger charge is 2.40. The molecule has 1 fully saturated rings. The first-order valence-corrected chi connectivity index (χ1v) is 8.45. The molecular weight excluding hydrogens is 262 g/mol. The van der Waals surface area contributed by atoms with Crippen LogP contribution in [0.1, 0.15) is 57.3 Å². The predicted octanol–water partition coefficient (Wildman–Crippen LogP) is 2.85. The van der Waals surface area contributed by atoms with E-state index >= 15 is 0 Å². The van der Waals surface area contributed by atoms with E-state index in [2.05, 4.69) is 37.4 Å². The standard InChI is InChI=1S/C17H31N3O/c1-5-14-12-15(20(3)19-14)13-16(18-6-2)17(21-4)10-8-7-9-11-17/h12,16,18H,5-11,13H2,1-4H3. The van der Waals surface area contributed by atoms with Crippen LogP contribution in [-0.2, 0) is 24.6 Å². The van der Waals surface area contributed by atoms with Gasteiger partial charge in [0.1, 0.15) is 0 Å². The number of methoxy groups -OCH3 is 1. The lowest BCUT2D eigenvalue weighted by atomic mass is 9.77. The highest BCUT2D eigenvalue weighted by molar-refractivity contribution is 5.13. The van der Waals surface area contributed by atoms with Crippen LogP contribution in [0.25, 0.3) is 0 Å². The van der Waals surface area contributed by atoms with E-state index in [1.165, 1.54) is 43.5 Å². The molecule has 1 N–H and O–H groups in total. The Morgan fingerprint density at radius 3 is 2.57 bits per heavy atom. The first-order chi connectivity index (χ1) is 10.1. The highest BCUT2D eigenvalue weighted by Crippen LogP contribution is 2.35. The minimum absolute atomic E-state index is 0.00902. The maximum Gasteiger partial charge on any atom is 0.0834 e. The average Bonchev–Trinajstić information content (AvgIpc) is 2.88. The Bertz CT molecular complexity index is 435. The zero-order valence-electron chi connectivity index (χ0n) is 14.1. The third kappa shape index (κ3) is 3.67. The summed E-state index contributed by atoms with van der Waals surface area (Å²) in [6.45, 7) is 5.32. The molecule has 0 amide bonds. The lowest BCUT2D eigenvalue weighted by molar-refractivity contribution is -0.0673. The van der Waals surface area contributed by atoms with E-state index in [4.69, 9.17) is 4.74 Å². The molecule has 1 atom stereocenters. The molecule has 1 aromatic rings. The maximum atomic E-state index is 6.05. The van der Waals surface area contributed by atoms with Crippen LogP contribution in [0, 0.1) is 0 Å². The molecule has 1 aliphatic carbocycles. The smallest absolute Gasteiger partial charge is 0.0834 e. The molecular formula is C17H31N3O. The molecule has 0 aliphatic heterocycles. The predicted molar refractivity (Wildman–Crippen MR) is 86.6 cm³/mol. The van der Waals surface area contributed by atoms with Gasteiger partial charge in [-0.15, -0.1) is 0 Å². The minimum Gasteiger partial charge on any atom is -0.377 e. The van der Waals surface area contributed by atoms with Gasteiger partial charge in [0, 0.05) is 32.3 Å². The second kappa shape index (κ2) is 7.41. The van der Waals surface area contributed by atoms with Gasteiger partial charge in [0.25, 0.3) is 0 Å². The summed E-state index contributed by atoms with van der Waals surface area (Å²) in [5, 5.41) is 8.27. The van der Waals surface area contributed by atoms with Gasteiger partial charge in [0.15, 0.2) is 0 Å². The van der Waals surface area contributed by atoms with Crippen LogP contribution in [-0.4, -0.2) is 35.1 Å². The third-order valence-electron chi connectivity index (χ3n) is 4.99. The van der Waals surface area contributed by atoms with Gasteiger partial charge in [-0.25, -0.2) is 0 Å². The van der Waals surface area contributed by atoms with Crippen LogP contribution >= 0.6 is 0 Å². The minimum atomic E-state index is -0.00902. The van der Waals surface area contributed by atoms with Crippen molar-refractivity contribution < 1.29 is 4.74 Å². The van der Waals surface area contributed by atoms with Gasteiger partial charge in [0.2, 0.25) is 0 Å². The van der Waals surface area contributed by atoms with Gasteiger partial charge >= 0.3 is 0 Å². The Kier molecular flexibility index (Phi) is 5.82. The molecule has 1 heterocycles. The second-order valence-corrected chi connectivity index (χ2v) is 6.25. The summed E-state index contributed by atoms with van der Waals surface area (Å²) in [4.78, 5) is 0. The van der Waals surface area contributed by atoms with E-state index in [0.29, 0.717) is 6.04 Å². The number of aryl methyl sites for hydroxylation is 2. The van der Waals surface area contributed by atoms with Crippen molar-refractivity contribution in [1.29, 1.82) is 0 Å². The fourth-order valence-corrected chi connectivity index (χ4v) is 3.68. The molecule has 4 heteroatoms. The summed E-state index contributed by atoms with van der Waals surface area (Å²) in [7, 11) is 3.94. The van der Waals surface area contributed by atoms with E-state index in [0.717, 1.165) is 19.4 Å². The van der Waals surface area contributed by atoms with E-state index < -0.39 is 0 Å². The van der Waals surface area contributed by atoms with Crippen molar-refractivity contribution >= 4 is 0 Å². The number of nitrogens with one attached hydrogen (secondary N) is 1. The van der Waals surface area contributed by atoms with Gasteiger partial charge in [-0.3, -0.25) is 4.68 Å². The van der Waals surface area contributed by atoms with Gasteiger partial charge < -0.3 is 10.1 Å². The van der Waals surface area contributed by atoms with Crippen LogP contribution < -0.4 is 5.32 Å². The van der Waals surface area contributed by atoms with Crippen molar-refractivity contribution in [2.24, 2.45) is 7.05 Å². The molecule has 1 aromatic heterocycles. The second-order valence-electron chi connectivity index (χ2n) is 6.25. The molecule has 2 rings (SSSR count). The largest absolute Gasteiger partial charge is 0.377 e. The van der Waals surface area contributed by atoms with E-state index in [-0.39, 0.29) is 5.60 Å². The molecule has 1 unspecified atom stereocenters. The normalized spacial score (nSPS) is 19.6.